The molecule has 0 unspecified atom stereocenters. The summed E-state index contributed by atoms with van der Waals surface area (Å²) in [7, 11) is 0. The highest BCUT2D eigenvalue weighted by Crippen LogP contribution is 2.42. The Morgan fingerprint density at radius 3 is 2.83 bits per heavy atom. The fraction of sp³-hybridized carbons (Fsp3) is 0.375. The molecular formula is C24H23N5O5S2. The van der Waals surface area contributed by atoms with Gasteiger partial charge in [-0.2, -0.15) is 0 Å². The Bertz CT molecular complexity index is 1330. The molecule has 1 aliphatic carbocycles. The van der Waals surface area contributed by atoms with Gasteiger partial charge in [0.2, 0.25) is 11.8 Å². The summed E-state index contributed by atoms with van der Waals surface area (Å²) in [6.45, 7) is 0.656. The molecule has 186 valence electrons. The van der Waals surface area contributed by atoms with E-state index < -0.39 is 23.3 Å². The van der Waals surface area contributed by atoms with Crippen molar-refractivity contribution in [3.63, 3.8) is 0 Å². The Morgan fingerprint density at radius 2 is 2.08 bits per heavy atom. The zero-order valence-corrected chi connectivity index (χ0v) is 20.7. The van der Waals surface area contributed by atoms with Crippen molar-refractivity contribution in [3.8, 4) is 0 Å². The molecule has 0 spiro atoms. The van der Waals surface area contributed by atoms with Gasteiger partial charge in [-0.05, 0) is 43.0 Å². The van der Waals surface area contributed by atoms with Crippen molar-refractivity contribution in [2.24, 2.45) is 0 Å². The lowest BCUT2D eigenvalue weighted by molar-refractivity contribution is -0.150. The lowest BCUT2D eigenvalue weighted by atomic mass is 10.0. The van der Waals surface area contributed by atoms with Crippen LogP contribution in [0.4, 0.5) is 0 Å². The van der Waals surface area contributed by atoms with Crippen LogP contribution in [0, 0.1) is 0 Å². The van der Waals surface area contributed by atoms with Crippen molar-refractivity contribution in [1.29, 1.82) is 0 Å². The van der Waals surface area contributed by atoms with E-state index >= 15 is 0 Å². The fourth-order valence-corrected chi connectivity index (χ4v) is 6.82. The van der Waals surface area contributed by atoms with E-state index in [0.717, 1.165) is 23.9 Å². The summed E-state index contributed by atoms with van der Waals surface area (Å²) >= 11 is 2.63. The van der Waals surface area contributed by atoms with Crippen LogP contribution in [-0.4, -0.2) is 84.1 Å². The number of rotatable bonds is 7. The normalized spacial score (nSPS) is 24.9. The van der Waals surface area contributed by atoms with Gasteiger partial charge < -0.3 is 20.3 Å². The van der Waals surface area contributed by atoms with Crippen molar-refractivity contribution in [3.05, 3.63) is 47.2 Å². The van der Waals surface area contributed by atoms with Gasteiger partial charge >= 0.3 is 5.97 Å². The Balaban J connectivity index is 1.12. The van der Waals surface area contributed by atoms with Crippen LogP contribution in [0.2, 0.25) is 0 Å². The molecular weight excluding hydrogens is 502 g/mol. The van der Waals surface area contributed by atoms with Gasteiger partial charge in [-0.25, -0.2) is 9.78 Å². The molecule has 1 saturated carbocycles. The average molecular weight is 526 g/mol. The van der Waals surface area contributed by atoms with Crippen LogP contribution < -0.4 is 5.32 Å². The maximum Gasteiger partial charge on any atom is 0.352 e. The number of aromatic amines is 1. The first kappa shape index (κ1) is 23.2. The van der Waals surface area contributed by atoms with Crippen LogP contribution in [-0.2, 0) is 19.2 Å². The van der Waals surface area contributed by atoms with Crippen molar-refractivity contribution in [2.75, 3.05) is 18.1 Å². The number of carboxylic acids is 1. The molecule has 4 aliphatic rings. The number of aliphatic carboxylic acids is 1. The first-order valence-electron chi connectivity index (χ1n) is 11.7. The molecule has 0 bridgehead atoms. The number of hydrogen-bond acceptors (Lipinski definition) is 7. The highest BCUT2D eigenvalue weighted by Gasteiger charge is 2.54. The lowest BCUT2D eigenvalue weighted by Gasteiger charge is -2.49. The van der Waals surface area contributed by atoms with E-state index in [1.165, 1.54) is 28.4 Å². The van der Waals surface area contributed by atoms with Crippen LogP contribution in [0.25, 0.3) is 11.0 Å². The molecule has 3 amide bonds. The smallest absolute Gasteiger partial charge is 0.352 e. The summed E-state index contributed by atoms with van der Waals surface area (Å²) in [4.78, 5) is 60.9. The van der Waals surface area contributed by atoms with Gasteiger partial charge in [-0.15, -0.1) is 11.8 Å². The molecule has 1 aromatic heterocycles. The number of β-lactam (4-membered cyclic amide) rings is 1. The number of nitrogens with zero attached hydrogens (tertiary/aromatic N) is 3. The Kier molecular flexibility index (Phi) is 5.79. The molecule has 2 aromatic rings. The number of aromatic nitrogens is 2. The van der Waals surface area contributed by atoms with Crippen molar-refractivity contribution in [2.45, 2.75) is 41.9 Å². The summed E-state index contributed by atoms with van der Waals surface area (Å²) in [5, 5.41) is 12.7. The summed E-state index contributed by atoms with van der Waals surface area (Å²) < 4.78 is 0. The van der Waals surface area contributed by atoms with Crippen LogP contribution in [0.5, 0.6) is 0 Å². The van der Waals surface area contributed by atoms with E-state index in [1.807, 2.05) is 29.2 Å². The van der Waals surface area contributed by atoms with E-state index in [1.54, 1.807) is 6.08 Å². The number of benzene rings is 1. The van der Waals surface area contributed by atoms with Crippen LogP contribution in [0.3, 0.4) is 0 Å². The van der Waals surface area contributed by atoms with Gasteiger partial charge in [0.15, 0.2) is 5.16 Å². The van der Waals surface area contributed by atoms with Crippen molar-refractivity contribution >= 4 is 58.2 Å². The van der Waals surface area contributed by atoms with Gasteiger partial charge in [-0.3, -0.25) is 19.3 Å². The third-order valence-electron chi connectivity index (χ3n) is 6.72. The number of H-pyrrole nitrogens is 1. The number of carbonyl (C=O) groups is 4. The van der Waals surface area contributed by atoms with Crippen molar-refractivity contribution in [1.82, 2.24) is 25.1 Å². The van der Waals surface area contributed by atoms with Crippen LogP contribution in [0.1, 0.15) is 19.3 Å². The molecule has 3 N–H and O–H groups in total. The van der Waals surface area contributed by atoms with E-state index in [4.69, 9.17) is 0 Å². The molecule has 10 nitrogen and oxygen atoms in total. The van der Waals surface area contributed by atoms with Gasteiger partial charge in [0.05, 0.1) is 16.8 Å². The standard InChI is InChI=1S/C24H23N5O5S2/c30-17(11-36-24-25-15-3-1-2-4-16(15)26-24)27-18-21(32)29-19(23(33)34)13(10-35-22(18)29)9-12-7-8-28(20(12)31)14-5-6-14/h1-4,9,14,18,22H,5-8,10-11H2,(H,25,26)(H,27,30)(H,33,34)/b12-9+/t18-,22-/m1/s1. The molecule has 2 saturated heterocycles. The summed E-state index contributed by atoms with van der Waals surface area (Å²) in [6, 6.07) is 7.08. The number of likely N-dealkylation sites (tertiary alicyclic amines) is 1. The van der Waals surface area contributed by atoms with Crippen LogP contribution >= 0.6 is 23.5 Å². The highest BCUT2D eigenvalue weighted by molar-refractivity contribution is 8.00. The molecule has 2 atom stereocenters. The second-order valence-corrected chi connectivity index (χ2v) is 11.2. The summed E-state index contributed by atoms with van der Waals surface area (Å²) in [5.41, 5.74) is 2.64. The predicted octanol–water partition coefficient (Wildman–Crippen LogP) is 1.71. The number of para-hydroxylation sites is 2. The largest absolute Gasteiger partial charge is 0.477 e. The average Bonchev–Trinajstić information content (AvgIpc) is 3.52. The topological polar surface area (TPSA) is 136 Å². The first-order valence-corrected chi connectivity index (χ1v) is 13.7. The van der Waals surface area contributed by atoms with E-state index in [-0.39, 0.29) is 23.3 Å². The van der Waals surface area contributed by atoms with Gasteiger partial charge in [0.25, 0.3) is 5.91 Å². The van der Waals surface area contributed by atoms with E-state index in [9.17, 15) is 24.3 Å². The Morgan fingerprint density at radius 1 is 1.28 bits per heavy atom. The van der Waals surface area contributed by atoms with E-state index in [0.29, 0.717) is 41.1 Å². The van der Waals surface area contributed by atoms with Crippen molar-refractivity contribution < 1.29 is 24.3 Å². The molecule has 6 rings (SSSR count). The number of thioether (sulfide) groups is 2. The number of fused-ring (bicyclic) bond motifs is 2. The first-order chi connectivity index (χ1) is 17.4. The molecule has 0 radical (unpaired) electrons. The molecule has 12 heteroatoms. The number of allylic oxidation sites excluding steroid dienone is 1. The second kappa shape index (κ2) is 9.00. The minimum absolute atomic E-state index is 0.0381. The molecule has 36 heavy (non-hydrogen) atoms. The summed E-state index contributed by atoms with van der Waals surface area (Å²) in [6.07, 6.45) is 4.27. The molecule has 4 heterocycles. The zero-order chi connectivity index (χ0) is 25.0. The third kappa shape index (κ3) is 4.07. The van der Waals surface area contributed by atoms with Gasteiger partial charge in [0.1, 0.15) is 17.1 Å². The quantitative estimate of drug-likeness (QED) is 0.283. The second-order valence-electron chi connectivity index (χ2n) is 9.13. The maximum atomic E-state index is 12.9. The fourth-order valence-electron chi connectivity index (χ4n) is 4.81. The number of carboxylic acid groups (broad SMARTS) is 1. The minimum Gasteiger partial charge on any atom is -0.477 e. The number of amides is 3. The zero-order valence-electron chi connectivity index (χ0n) is 19.1. The summed E-state index contributed by atoms with van der Waals surface area (Å²) in [5.74, 6) is -1.63. The molecule has 1 aromatic carbocycles. The Hall–Kier alpha value is -3.25. The van der Waals surface area contributed by atoms with E-state index in [2.05, 4.69) is 15.3 Å². The maximum absolute atomic E-state index is 12.9. The number of imidazole rings is 1. The number of carbonyl (C=O) groups excluding carboxylic acids is 3. The Labute approximate surface area is 214 Å². The van der Waals surface area contributed by atoms with Crippen LogP contribution in [0.15, 0.2) is 52.3 Å². The van der Waals surface area contributed by atoms with Gasteiger partial charge in [0, 0.05) is 23.9 Å². The SMILES string of the molecule is O=C(CSc1nc2ccccc2[nH]1)N[C@@H]1C(=O)N2C(C(=O)O)=C(/C=C3\CCN(C4CC4)C3=O)CS[C@H]12. The number of nitrogens with one attached hydrogen (secondary N) is 2. The lowest BCUT2D eigenvalue weighted by Crippen LogP contribution is -2.70. The molecule has 3 aliphatic heterocycles. The minimum atomic E-state index is -1.21. The predicted molar refractivity (Wildman–Crippen MR) is 134 cm³/mol. The third-order valence-corrected chi connectivity index (χ3v) is 8.89. The van der Waals surface area contributed by atoms with Gasteiger partial charge in [-0.1, -0.05) is 23.9 Å². The highest BCUT2D eigenvalue weighted by atomic mass is 32.2. The monoisotopic (exact) mass is 525 g/mol. The number of hydrogen-bond donors (Lipinski definition) is 3. The molecule has 3 fully saturated rings.